The lowest BCUT2D eigenvalue weighted by atomic mass is 9.96. The maximum Gasteiger partial charge on any atom is 0.244 e. The van der Waals surface area contributed by atoms with Crippen molar-refractivity contribution in [1.29, 1.82) is 0 Å². The van der Waals surface area contributed by atoms with Crippen LogP contribution in [0.25, 0.3) is 6.08 Å². The number of nitrogens with one attached hydrogen (secondary N) is 1. The van der Waals surface area contributed by atoms with E-state index in [0.29, 0.717) is 17.7 Å². The third kappa shape index (κ3) is 7.49. The predicted molar refractivity (Wildman–Crippen MR) is 143 cm³/mol. The number of amides is 1. The fourth-order valence-corrected chi connectivity index (χ4v) is 4.73. The Balaban J connectivity index is 1.18. The molecule has 3 aromatic rings. The van der Waals surface area contributed by atoms with Gasteiger partial charge in [0, 0.05) is 50.6 Å². The molecule has 0 aliphatic carbocycles. The maximum atomic E-state index is 12.0. The van der Waals surface area contributed by atoms with Gasteiger partial charge in [0.15, 0.2) is 0 Å². The number of halogens is 1. The highest BCUT2D eigenvalue weighted by molar-refractivity contribution is 6.30. The van der Waals surface area contributed by atoms with E-state index in [2.05, 4.69) is 80.8 Å². The zero-order chi connectivity index (χ0) is 24.3. The third-order valence-electron chi connectivity index (χ3n) is 6.41. The summed E-state index contributed by atoms with van der Waals surface area (Å²) >= 11 is 6.01. The van der Waals surface area contributed by atoms with Gasteiger partial charge in [0.05, 0.1) is 6.04 Å². The summed E-state index contributed by atoms with van der Waals surface area (Å²) in [5, 5.41) is 3.35. The van der Waals surface area contributed by atoms with Crippen molar-refractivity contribution in [3.05, 3.63) is 107 Å². The zero-order valence-corrected chi connectivity index (χ0v) is 20.8. The van der Waals surface area contributed by atoms with Crippen molar-refractivity contribution >= 4 is 23.6 Å². The van der Waals surface area contributed by atoms with Gasteiger partial charge in [-0.1, -0.05) is 78.3 Å². The molecule has 2 aromatic carbocycles. The SMILES string of the molecule is O=C(/C=C/c1cccnc1Cl)NCCCCN1CCN(C(c2ccccc2)c2ccccc2)CC1. The summed E-state index contributed by atoms with van der Waals surface area (Å²) < 4.78 is 0. The quantitative estimate of drug-likeness (QED) is 0.246. The summed E-state index contributed by atoms with van der Waals surface area (Å²) in [7, 11) is 0. The van der Waals surface area contributed by atoms with Crippen LogP contribution in [0.1, 0.15) is 35.6 Å². The van der Waals surface area contributed by atoms with Crippen molar-refractivity contribution in [3.8, 4) is 0 Å². The molecule has 1 fully saturated rings. The van der Waals surface area contributed by atoms with Gasteiger partial charge in [-0.15, -0.1) is 0 Å². The topological polar surface area (TPSA) is 48.5 Å². The molecule has 6 heteroatoms. The number of unbranched alkanes of at least 4 members (excludes halogenated alkanes) is 1. The van der Waals surface area contributed by atoms with Gasteiger partial charge < -0.3 is 10.2 Å². The van der Waals surface area contributed by atoms with E-state index in [1.165, 1.54) is 17.2 Å². The standard InChI is InChI=1S/C29H33ClN4O/c30-29-26(14-9-18-32-29)15-16-27(35)31-17-7-8-19-33-20-22-34(23-21-33)28(24-10-3-1-4-11-24)25-12-5-2-6-13-25/h1-6,9-16,18,28H,7-8,17,19-23H2,(H,31,35)/b16-15+. The molecule has 0 atom stereocenters. The summed E-state index contributed by atoms with van der Waals surface area (Å²) in [6.07, 6.45) is 6.87. The molecule has 1 aliphatic heterocycles. The Hall–Kier alpha value is -2.99. The van der Waals surface area contributed by atoms with Gasteiger partial charge in [0.1, 0.15) is 5.15 Å². The summed E-state index contributed by atoms with van der Waals surface area (Å²) in [6.45, 7) is 5.97. The number of piperazine rings is 1. The largest absolute Gasteiger partial charge is 0.353 e. The summed E-state index contributed by atoms with van der Waals surface area (Å²) in [4.78, 5) is 21.2. The number of benzene rings is 2. The van der Waals surface area contributed by atoms with E-state index in [-0.39, 0.29) is 5.91 Å². The van der Waals surface area contributed by atoms with Crippen LogP contribution in [0.2, 0.25) is 5.15 Å². The van der Waals surface area contributed by atoms with E-state index in [4.69, 9.17) is 11.6 Å². The summed E-state index contributed by atoms with van der Waals surface area (Å²) in [5.41, 5.74) is 3.44. The van der Waals surface area contributed by atoms with Crippen LogP contribution in [0.3, 0.4) is 0 Å². The van der Waals surface area contributed by atoms with Crippen LogP contribution in [0.5, 0.6) is 0 Å². The van der Waals surface area contributed by atoms with Gasteiger partial charge >= 0.3 is 0 Å². The first-order valence-electron chi connectivity index (χ1n) is 12.3. The summed E-state index contributed by atoms with van der Waals surface area (Å²) in [5.74, 6) is -0.105. The Labute approximate surface area is 213 Å². The van der Waals surface area contributed by atoms with Crippen LogP contribution >= 0.6 is 11.6 Å². The molecule has 1 aliphatic rings. The van der Waals surface area contributed by atoms with E-state index in [1.54, 1.807) is 18.3 Å². The van der Waals surface area contributed by atoms with Crippen LogP contribution < -0.4 is 5.32 Å². The Morgan fingerprint density at radius 3 is 2.20 bits per heavy atom. The lowest BCUT2D eigenvalue weighted by Crippen LogP contribution is -2.48. The van der Waals surface area contributed by atoms with E-state index in [9.17, 15) is 4.79 Å². The molecule has 1 N–H and O–H groups in total. The van der Waals surface area contributed by atoms with Crippen LogP contribution in [0, 0.1) is 0 Å². The molecular weight excluding hydrogens is 456 g/mol. The van der Waals surface area contributed by atoms with E-state index in [0.717, 1.165) is 51.1 Å². The third-order valence-corrected chi connectivity index (χ3v) is 6.72. The molecule has 4 rings (SSSR count). The number of hydrogen-bond acceptors (Lipinski definition) is 4. The molecule has 35 heavy (non-hydrogen) atoms. The number of aromatic nitrogens is 1. The second kappa shape index (κ2) is 13.2. The van der Waals surface area contributed by atoms with Crippen LogP contribution in [0.15, 0.2) is 85.1 Å². The highest BCUT2D eigenvalue weighted by atomic mass is 35.5. The Kier molecular flexibility index (Phi) is 9.47. The number of carbonyl (C=O) groups is 1. The molecule has 5 nitrogen and oxygen atoms in total. The molecule has 1 aromatic heterocycles. The van der Waals surface area contributed by atoms with Crippen molar-refractivity contribution in [2.45, 2.75) is 18.9 Å². The zero-order valence-electron chi connectivity index (χ0n) is 20.0. The maximum absolute atomic E-state index is 12.0. The summed E-state index contributed by atoms with van der Waals surface area (Å²) in [6, 6.07) is 25.5. The van der Waals surface area contributed by atoms with Gasteiger partial charge in [-0.2, -0.15) is 0 Å². The van der Waals surface area contributed by atoms with Gasteiger partial charge in [-0.25, -0.2) is 4.98 Å². The fraction of sp³-hybridized carbons (Fsp3) is 0.310. The average Bonchev–Trinajstić information content (AvgIpc) is 2.90. The van der Waals surface area contributed by atoms with Gasteiger partial charge in [-0.05, 0) is 42.7 Å². The molecule has 182 valence electrons. The molecule has 0 spiro atoms. The highest BCUT2D eigenvalue weighted by Gasteiger charge is 2.26. The number of hydrogen-bond donors (Lipinski definition) is 1. The molecule has 1 amide bonds. The Morgan fingerprint density at radius 1 is 0.914 bits per heavy atom. The smallest absolute Gasteiger partial charge is 0.244 e. The van der Waals surface area contributed by atoms with E-state index < -0.39 is 0 Å². The van der Waals surface area contributed by atoms with Crippen molar-refractivity contribution in [2.75, 3.05) is 39.3 Å². The molecule has 2 heterocycles. The number of carbonyl (C=O) groups excluding carboxylic acids is 1. The van der Waals surface area contributed by atoms with Crippen molar-refractivity contribution in [1.82, 2.24) is 20.1 Å². The van der Waals surface area contributed by atoms with E-state index >= 15 is 0 Å². The van der Waals surface area contributed by atoms with Gasteiger partial charge in [0.25, 0.3) is 0 Å². The van der Waals surface area contributed by atoms with Crippen molar-refractivity contribution < 1.29 is 4.79 Å². The fourth-order valence-electron chi connectivity index (χ4n) is 4.55. The monoisotopic (exact) mass is 488 g/mol. The second-order valence-corrected chi connectivity index (χ2v) is 9.17. The minimum Gasteiger partial charge on any atom is -0.353 e. The van der Waals surface area contributed by atoms with Gasteiger partial charge in [-0.3, -0.25) is 9.69 Å². The number of pyridine rings is 1. The first kappa shape index (κ1) is 25.1. The Morgan fingerprint density at radius 2 is 1.57 bits per heavy atom. The van der Waals surface area contributed by atoms with Crippen molar-refractivity contribution in [2.24, 2.45) is 0 Å². The molecule has 0 unspecified atom stereocenters. The first-order valence-corrected chi connectivity index (χ1v) is 12.7. The minimum atomic E-state index is -0.105. The molecule has 1 saturated heterocycles. The lowest BCUT2D eigenvalue weighted by molar-refractivity contribution is -0.116. The highest BCUT2D eigenvalue weighted by Crippen LogP contribution is 2.29. The van der Waals surface area contributed by atoms with Gasteiger partial charge in [0.2, 0.25) is 5.91 Å². The Bertz CT molecular complexity index is 1040. The van der Waals surface area contributed by atoms with Crippen LogP contribution in [0.4, 0.5) is 0 Å². The molecule has 0 bridgehead atoms. The average molecular weight is 489 g/mol. The second-order valence-electron chi connectivity index (χ2n) is 8.82. The lowest BCUT2D eigenvalue weighted by Gasteiger charge is -2.39. The van der Waals surface area contributed by atoms with Crippen LogP contribution in [-0.2, 0) is 4.79 Å². The molecule has 0 radical (unpaired) electrons. The predicted octanol–water partition coefficient (Wildman–Crippen LogP) is 5.05. The van der Waals surface area contributed by atoms with E-state index in [1.807, 2.05) is 6.07 Å². The number of nitrogens with zero attached hydrogens (tertiary/aromatic N) is 3. The number of rotatable bonds is 10. The minimum absolute atomic E-state index is 0.105. The molecular formula is C29H33ClN4O. The van der Waals surface area contributed by atoms with Crippen molar-refractivity contribution in [3.63, 3.8) is 0 Å². The molecule has 0 saturated carbocycles. The van der Waals surface area contributed by atoms with Crippen LogP contribution in [-0.4, -0.2) is 60.0 Å². The first-order chi connectivity index (χ1) is 17.2. The normalized spacial score (nSPS) is 15.0.